The highest BCUT2D eigenvalue weighted by molar-refractivity contribution is 6.32. The zero-order valence-electron chi connectivity index (χ0n) is 14.7. The normalized spacial score (nSPS) is 15.5. The summed E-state index contributed by atoms with van der Waals surface area (Å²) in [6, 6.07) is 8.63. The maximum atomic E-state index is 12.1. The van der Waals surface area contributed by atoms with Gasteiger partial charge in [-0.3, -0.25) is 9.59 Å². The molecule has 0 unspecified atom stereocenters. The Labute approximate surface area is 156 Å². The van der Waals surface area contributed by atoms with Gasteiger partial charge in [-0.2, -0.15) is 0 Å². The zero-order valence-corrected chi connectivity index (χ0v) is 15.4. The van der Waals surface area contributed by atoms with Gasteiger partial charge in [0.2, 0.25) is 0 Å². The molecule has 2 amide bonds. The average molecular weight is 375 g/mol. The summed E-state index contributed by atoms with van der Waals surface area (Å²) in [5.41, 5.74) is 2.85. The number of fused-ring (bicyclic) bond motifs is 1. The van der Waals surface area contributed by atoms with E-state index < -0.39 is 6.10 Å². The lowest BCUT2D eigenvalue weighted by molar-refractivity contribution is -0.122. The quantitative estimate of drug-likeness (QED) is 0.855. The molecule has 0 saturated carbocycles. The van der Waals surface area contributed by atoms with Crippen LogP contribution in [0.15, 0.2) is 30.3 Å². The van der Waals surface area contributed by atoms with E-state index in [4.69, 9.17) is 21.1 Å². The second kappa shape index (κ2) is 7.25. The van der Waals surface area contributed by atoms with Crippen molar-refractivity contribution in [2.45, 2.75) is 26.9 Å². The molecule has 0 aliphatic carbocycles. The standard InChI is InChI=1S/C19H19ClN2O4/c1-10-6-14(7-11(2)18(10)20)25-9-17(23)21-13-4-5-16-15(8-13)22-19(24)12(3)26-16/h4-8,12H,9H2,1-3H3,(H,21,23)(H,22,24)/t12-/m1/s1. The number of hydrogen-bond acceptors (Lipinski definition) is 4. The molecule has 26 heavy (non-hydrogen) atoms. The fourth-order valence-electron chi connectivity index (χ4n) is 2.62. The minimum Gasteiger partial charge on any atom is -0.484 e. The first-order valence-corrected chi connectivity index (χ1v) is 8.52. The van der Waals surface area contributed by atoms with Crippen LogP contribution in [-0.4, -0.2) is 24.5 Å². The molecular formula is C19H19ClN2O4. The molecule has 0 radical (unpaired) electrons. The first-order chi connectivity index (χ1) is 12.3. The molecule has 1 aliphatic rings. The monoisotopic (exact) mass is 374 g/mol. The lowest BCUT2D eigenvalue weighted by atomic mass is 10.1. The molecule has 2 aromatic rings. The molecule has 2 aromatic carbocycles. The van der Waals surface area contributed by atoms with Gasteiger partial charge in [0.05, 0.1) is 5.69 Å². The van der Waals surface area contributed by atoms with Crippen LogP contribution in [0.5, 0.6) is 11.5 Å². The van der Waals surface area contributed by atoms with Crippen molar-refractivity contribution in [3.63, 3.8) is 0 Å². The number of halogens is 1. The van der Waals surface area contributed by atoms with Crippen LogP contribution in [0.2, 0.25) is 5.02 Å². The highest BCUT2D eigenvalue weighted by Gasteiger charge is 2.23. The number of carbonyl (C=O) groups excluding carboxylic acids is 2. The molecule has 3 rings (SSSR count). The third kappa shape index (κ3) is 3.91. The fraction of sp³-hybridized carbons (Fsp3) is 0.263. The number of benzene rings is 2. The maximum Gasteiger partial charge on any atom is 0.265 e. The summed E-state index contributed by atoms with van der Waals surface area (Å²) >= 11 is 6.12. The van der Waals surface area contributed by atoms with Gasteiger partial charge in [-0.1, -0.05) is 11.6 Å². The number of nitrogens with one attached hydrogen (secondary N) is 2. The highest BCUT2D eigenvalue weighted by Crippen LogP contribution is 2.32. The van der Waals surface area contributed by atoms with Gasteiger partial charge in [0.25, 0.3) is 11.8 Å². The molecule has 1 aliphatic heterocycles. The van der Waals surface area contributed by atoms with Crippen molar-refractivity contribution in [2.75, 3.05) is 17.2 Å². The number of carbonyl (C=O) groups is 2. The lowest BCUT2D eigenvalue weighted by Crippen LogP contribution is -2.34. The number of rotatable bonds is 4. The molecule has 7 heteroatoms. The van der Waals surface area contributed by atoms with Crippen molar-refractivity contribution in [3.8, 4) is 11.5 Å². The van der Waals surface area contributed by atoms with Crippen LogP contribution in [-0.2, 0) is 9.59 Å². The van der Waals surface area contributed by atoms with Crippen LogP contribution >= 0.6 is 11.6 Å². The number of ether oxygens (including phenoxy) is 2. The predicted octanol–water partition coefficient (Wildman–Crippen LogP) is 3.69. The maximum absolute atomic E-state index is 12.1. The Kier molecular flexibility index (Phi) is 5.04. The van der Waals surface area contributed by atoms with E-state index >= 15 is 0 Å². The molecule has 0 bridgehead atoms. The molecule has 1 atom stereocenters. The van der Waals surface area contributed by atoms with Crippen LogP contribution < -0.4 is 20.1 Å². The van der Waals surface area contributed by atoms with Crippen LogP contribution in [0.1, 0.15) is 18.1 Å². The summed E-state index contributed by atoms with van der Waals surface area (Å²) in [5, 5.41) is 6.16. The Morgan fingerprint density at radius 3 is 2.65 bits per heavy atom. The lowest BCUT2D eigenvalue weighted by Gasteiger charge is -2.23. The van der Waals surface area contributed by atoms with Crippen molar-refractivity contribution in [1.29, 1.82) is 0 Å². The SMILES string of the molecule is Cc1cc(OCC(=O)Nc2ccc3c(c2)NC(=O)[C@@H](C)O3)cc(C)c1Cl. The second-order valence-electron chi connectivity index (χ2n) is 6.17. The number of amides is 2. The minimum absolute atomic E-state index is 0.141. The van der Waals surface area contributed by atoms with Gasteiger partial charge in [0.15, 0.2) is 12.7 Å². The Hall–Kier alpha value is -2.73. The minimum atomic E-state index is -0.539. The van der Waals surface area contributed by atoms with Crippen molar-refractivity contribution >= 4 is 34.8 Å². The highest BCUT2D eigenvalue weighted by atomic mass is 35.5. The molecule has 2 N–H and O–H groups in total. The summed E-state index contributed by atoms with van der Waals surface area (Å²) in [7, 11) is 0. The first kappa shape index (κ1) is 18.1. The predicted molar refractivity (Wildman–Crippen MR) is 100 cm³/mol. The Morgan fingerprint density at radius 1 is 1.27 bits per heavy atom. The van der Waals surface area contributed by atoms with Crippen molar-refractivity contribution in [1.82, 2.24) is 0 Å². The van der Waals surface area contributed by atoms with Crippen LogP contribution in [0.4, 0.5) is 11.4 Å². The molecular weight excluding hydrogens is 356 g/mol. The van der Waals surface area contributed by atoms with E-state index in [0.717, 1.165) is 11.1 Å². The average Bonchev–Trinajstić information content (AvgIpc) is 2.59. The van der Waals surface area contributed by atoms with E-state index in [9.17, 15) is 9.59 Å². The summed E-state index contributed by atoms with van der Waals surface area (Å²) in [6.45, 7) is 5.29. The topological polar surface area (TPSA) is 76.7 Å². The third-order valence-corrected chi connectivity index (χ3v) is 4.57. The largest absolute Gasteiger partial charge is 0.484 e. The van der Waals surface area contributed by atoms with Crippen molar-refractivity contribution < 1.29 is 19.1 Å². The van der Waals surface area contributed by atoms with Crippen LogP contribution in [0, 0.1) is 13.8 Å². The Balaban J connectivity index is 1.62. The summed E-state index contributed by atoms with van der Waals surface area (Å²) in [4.78, 5) is 23.8. The van der Waals surface area contributed by atoms with E-state index in [1.54, 1.807) is 37.3 Å². The molecule has 136 valence electrons. The van der Waals surface area contributed by atoms with Gasteiger partial charge in [0.1, 0.15) is 11.5 Å². The van der Waals surface area contributed by atoms with Crippen molar-refractivity contribution in [2.24, 2.45) is 0 Å². The van der Waals surface area contributed by atoms with Crippen LogP contribution in [0.25, 0.3) is 0 Å². The van der Waals surface area contributed by atoms with Gasteiger partial charge in [0, 0.05) is 10.7 Å². The Bertz CT molecular complexity index is 859. The fourth-order valence-corrected chi connectivity index (χ4v) is 2.73. The molecule has 0 aromatic heterocycles. The molecule has 0 fully saturated rings. The zero-order chi connectivity index (χ0) is 18.8. The van der Waals surface area contributed by atoms with E-state index in [2.05, 4.69) is 10.6 Å². The summed E-state index contributed by atoms with van der Waals surface area (Å²) in [6.07, 6.45) is -0.539. The van der Waals surface area contributed by atoms with Gasteiger partial charge in [-0.25, -0.2) is 0 Å². The number of anilines is 2. The third-order valence-electron chi connectivity index (χ3n) is 3.97. The van der Waals surface area contributed by atoms with E-state index in [1.165, 1.54) is 0 Å². The summed E-state index contributed by atoms with van der Waals surface area (Å²) in [5.74, 6) is 0.613. The van der Waals surface area contributed by atoms with Gasteiger partial charge < -0.3 is 20.1 Å². The van der Waals surface area contributed by atoms with Gasteiger partial charge >= 0.3 is 0 Å². The first-order valence-electron chi connectivity index (χ1n) is 8.14. The molecule has 1 heterocycles. The second-order valence-corrected chi connectivity index (χ2v) is 6.55. The van der Waals surface area contributed by atoms with E-state index in [-0.39, 0.29) is 18.4 Å². The van der Waals surface area contributed by atoms with E-state index in [1.807, 2.05) is 13.8 Å². The number of hydrogen-bond donors (Lipinski definition) is 2. The van der Waals surface area contributed by atoms with E-state index in [0.29, 0.717) is 27.9 Å². The van der Waals surface area contributed by atoms with Crippen LogP contribution in [0.3, 0.4) is 0 Å². The summed E-state index contributed by atoms with van der Waals surface area (Å²) < 4.78 is 11.0. The van der Waals surface area contributed by atoms with Gasteiger partial charge in [-0.15, -0.1) is 0 Å². The smallest absolute Gasteiger partial charge is 0.265 e. The Morgan fingerprint density at radius 2 is 1.96 bits per heavy atom. The van der Waals surface area contributed by atoms with Gasteiger partial charge in [-0.05, 0) is 62.2 Å². The van der Waals surface area contributed by atoms with Crippen molar-refractivity contribution in [3.05, 3.63) is 46.5 Å². The number of aryl methyl sites for hydroxylation is 2. The molecule has 0 spiro atoms. The molecule has 0 saturated heterocycles. The molecule has 6 nitrogen and oxygen atoms in total.